The molecule has 4 nitrogen and oxygen atoms in total. The number of alkyl halides is 3. The predicted octanol–water partition coefficient (Wildman–Crippen LogP) is 0.791. The molecule has 0 aromatic carbocycles. The summed E-state index contributed by atoms with van der Waals surface area (Å²) in [6, 6.07) is -0.655. The van der Waals surface area contributed by atoms with Gasteiger partial charge in [-0.1, -0.05) is 18.6 Å². The van der Waals surface area contributed by atoms with Gasteiger partial charge >= 0.3 is 6.18 Å². The van der Waals surface area contributed by atoms with Gasteiger partial charge in [-0.25, -0.2) is 0 Å². The number of nitrogens with zero attached hydrogens (tertiary/aromatic N) is 1. The Morgan fingerprint density at radius 2 is 2.00 bits per heavy atom. The zero-order chi connectivity index (χ0) is 13.9. The van der Waals surface area contributed by atoms with Crippen LogP contribution >= 0.6 is 12.2 Å². The van der Waals surface area contributed by atoms with Crippen molar-refractivity contribution in [3.05, 3.63) is 0 Å². The lowest BCUT2D eigenvalue weighted by Gasteiger charge is -2.36. The Hall–Kier alpha value is -0.890. The Labute approximate surface area is 108 Å². The van der Waals surface area contributed by atoms with Crippen molar-refractivity contribution in [3.63, 3.8) is 0 Å². The second kappa shape index (κ2) is 5.83. The number of likely N-dealkylation sites (tertiary alicyclic amines) is 1. The number of piperidine rings is 1. The summed E-state index contributed by atoms with van der Waals surface area (Å²) >= 11 is 4.45. The van der Waals surface area contributed by atoms with Gasteiger partial charge in [0.25, 0.3) is 0 Å². The summed E-state index contributed by atoms with van der Waals surface area (Å²) in [5.41, 5.74) is 10.3. The van der Waals surface area contributed by atoms with Crippen LogP contribution in [0.15, 0.2) is 0 Å². The predicted molar refractivity (Wildman–Crippen MR) is 64.7 cm³/mol. The number of hydrogen-bond donors (Lipinski definition) is 2. The van der Waals surface area contributed by atoms with Crippen LogP contribution in [0.5, 0.6) is 0 Å². The van der Waals surface area contributed by atoms with Crippen molar-refractivity contribution in [1.29, 1.82) is 0 Å². The fourth-order valence-corrected chi connectivity index (χ4v) is 2.33. The molecule has 0 aromatic rings. The Morgan fingerprint density at radius 1 is 1.39 bits per heavy atom. The normalized spacial score (nSPS) is 23.6. The smallest absolute Gasteiger partial charge is 0.393 e. The highest BCUT2D eigenvalue weighted by atomic mass is 32.1. The molecule has 18 heavy (non-hydrogen) atoms. The number of rotatable bonds is 4. The molecule has 1 rings (SSSR count). The Kier molecular flexibility index (Phi) is 4.92. The number of amides is 1. The van der Waals surface area contributed by atoms with Crippen molar-refractivity contribution < 1.29 is 18.0 Å². The van der Waals surface area contributed by atoms with Gasteiger partial charge in [-0.15, -0.1) is 0 Å². The van der Waals surface area contributed by atoms with E-state index in [4.69, 9.17) is 11.5 Å². The zero-order valence-corrected chi connectivity index (χ0v) is 10.6. The molecule has 1 heterocycles. The lowest BCUT2D eigenvalue weighted by Crippen LogP contribution is -2.52. The first-order chi connectivity index (χ1) is 8.23. The van der Waals surface area contributed by atoms with Crippen LogP contribution in [0.1, 0.15) is 19.3 Å². The standard InChI is InChI=1S/C10H16F3N3OS/c11-10(12,13)6(9(15)18)5-16-4-2-1-3-7(16)8(14)17/h6-7H,1-5H2,(H2,14,17)(H2,15,18). The van der Waals surface area contributed by atoms with Crippen molar-refractivity contribution in [3.8, 4) is 0 Å². The fraction of sp³-hybridized carbons (Fsp3) is 0.800. The maximum Gasteiger partial charge on any atom is 0.399 e. The number of carbonyl (C=O) groups is 1. The lowest BCUT2D eigenvalue weighted by molar-refractivity contribution is -0.162. The summed E-state index contributed by atoms with van der Waals surface area (Å²) in [7, 11) is 0. The number of thiocarbonyl (C=S) groups is 1. The molecular weight excluding hydrogens is 267 g/mol. The van der Waals surface area contributed by atoms with E-state index in [9.17, 15) is 18.0 Å². The molecule has 1 fully saturated rings. The average Bonchev–Trinajstić information content (AvgIpc) is 2.24. The molecule has 1 saturated heterocycles. The maximum atomic E-state index is 12.7. The van der Waals surface area contributed by atoms with Gasteiger partial charge in [0.1, 0.15) is 5.92 Å². The monoisotopic (exact) mass is 283 g/mol. The van der Waals surface area contributed by atoms with E-state index >= 15 is 0 Å². The van der Waals surface area contributed by atoms with Crippen molar-refractivity contribution in [1.82, 2.24) is 4.90 Å². The zero-order valence-electron chi connectivity index (χ0n) is 9.74. The van der Waals surface area contributed by atoms with E-state index in [0.717, 1.165) is 12.8 Å². The molecule has 0 spiro atoms. The molecule has 2 unspecified atom stereocenters. The van der Waals surface area contributed by atoms with Crippen molar-refractivity contribution in [2.24, 2.45) is 17.4 Å². The number of carbonyl (C=O) groups excluding carboxylic acids is 1. The molecule has 1 aliphatic heterocycles. The minimum Gasteiger partial charge on any atom is -0.393 e. The van der Waals surface area contributed by atoms with Crippen LogP contribution in [0, 0.1) is 5.92 Å². The van der Waals surface area contributed by atoms with Crippen LogP contribution in [-0.2, 0) is 4.79 Å². The molecule has 1 aliphatic rings. The van der Waals surface area contributed by atoms with Crippen LogP contribution in [0.3, 0.4) is 0 Å². The highest BCUT2D eigenvalue weighted by Crippen LogP contribution is 2.29. The van der Waals surface area contributed by atoms with Crippen molar-refractivity contribution in [2.75, 3.05) is 13.1 Å². The van der Waals surface area contributed by atoms with Crippen LogP contribution in [0.2, 0.25) is 0 Å². The van der Waals surface area contributed by atoms with Gasteiger partial charge < -0.3 is 11.5 Å². The largest absolute Gasteiger partial charge is 0.399 e. The molecule has 0 saturated carbocycles. The Bertz CT molecular complexity index is 335. The van der Waals surface area contributed by atoms with E-state index in [1.54, 1.807) is 0 Å². The Morgan fingerprint density at radius 3 is 2.44 bits per heavy atom. The minimum absolute atomic E-state index is 0.396. The maximum absolute atomic E-state index is 12.7. The van der Waals surface area contributed by atoms with Gasteiger partial charge in [0.05, 0.1) is 11.0 Å². The second-order valence-electron chi connectivity index (χ2n) is 4.41. The summed E-state index contributed by atoms with van der Waals surface area (Å²) in [6.07, 6.45) is -2.48. The third-order valence-electron chi connectivity index (χ3n) is 3.10. The molecule has 0 bridgehead atoms. The van der Waals surface area contributed by atoms with Crippen molar-refractivity contribution in [2.45, 2.75) is 31.5 Å². The Balaban J connectivity index is 2.78. The van der Waals surface area contributed by atoms with E-state index in [2.05, 4.69) is 12.2 Å². The topological polar surface area (TPSA) is 72.4 Å². The molecule has 2 atom stereocenters. The third kappa shape index (κ3) is 3.81. The SMILES string of the molecule is NC(=O)C1CCCCN1CC(C(N)=S)C(F)(F)F. The minimum atomic E-state index is -4.49. The molecule has 0 radical (unpaired) electrons. The highest BCUT2D eigenvalue weighted by molar-refractivity contribution is 7.80. The number of nitrogens with two attached hydrogens (primary N) is 2. The molecule has 104 valence electrons. The van der Waals surface area contributed by atoms with Crippen LogP contribution < -0.4 is 11.5 Å². The van der Waals surface area contributed by atoms with E-state index in [1.165, 1.54) is 4.90 Å². The van der Waals surface area contributed by atoms with E-state index in [1.807, 2.05) is 0 Å². The molecular formula is C10H16F3N3OS. The number of primary amides is 1. The molecule has 0 aromatic heterocycles. The van der Waals surface area contributed by atoms with Crippen molar-refractivity contribution >= 4 is 23.1 Å². The summed E-state index contributed by atoms with van der Waals surface area (Å²) < 4.78 is 38.2. The molecule has 4 N–H and O–H groups in total. The van der Waals surface area contributed by atoms with Gasteiger partial charge in [-0.05, 0) is 19.4 Å². The van der Waals surface area contributed by atoms with Gasteiger partial charge in [0.2, 0.25) is 5.91 Å². The van der Waals surface area contributed by atoms with Gasteiger partial charge in [0, 0.05) is 6.54 Å². The van der Waals surface area contributed by atoms with Gasteiger partial charge in [0.15, 0.2) is 0 Å². The number of hydrogen-bond acceptors (Lipinski definition) is 3. The second-order valence-corrected chi connectivity index (χ2v) is 4.88. The van der Waals surface area contributed by atoms with Gasteiger partial charge in [-0.2, -0.15) is 13.2 Å². The first-order valence-corrected chi connectivity index (χ1v) is 6.03. The first-order valence-electron chi connectivity index (χ1n) is 5.63. The average molecular weight is 283 g/mol. The summed E-state index contributed by atoms with van der Waals surface area (Å²) in [6.45, 7) is 0.00917. The van der Waals surface area contributed by atoms with Crippen LogP contribution in [-0.4, -0.2) is 41.1 Å². The van der Waals surface area contributed by atoms with E-state index in [-0.39, 0.29) is 0 Å². The fourth-order valence-electron chi connectivity index (χ4n) is 2.12. The molecule has 0 aliphatic carbocycles. The summed E-state index contributed by atoms with van der Waals surface area (Å²) in [5.74, 6) is -2.49. The van der Waals surface area contributed by atoms with Crippen LogP contribution in [0.4, 0.5) is 13.2 Å². The molecule has 1 amide bonds. The lowest BCUT2D eigenvalue weighted by atomic mass is 9.99. The molecule has 8 heteroatoms. The van der Waals surface area contributed by atoms with E-state index < -0.39 is 35.6 Å². The van der Waals surface area contributed by atoms with E-state index in [0.29, 0.717) is 13.0 Å². The van der Waals surface area contributed by atoms with Crippen LogP contribution in [0.25, 0.3) is 0 Å². The third-order valence-corrected chi connectivity index (χ3v) is 3.38. The number of halogens is 3. The summed E-state index contributed by atoms with van der Waals surface area (Å²) in [4.78, 5) is 12.0. The van der Waals surface area contributed by atoms with Gasteiger partial charge in [-0.3, -0.25) is 9.69 Å². The quantitative estimate of drug-likeness (QED) is 0.748. The highest BCUT2D eigenvalue weighted by Gasteiger charge is 2.44. The summed E-state index contributed by atoms with van der Waals surface area (Å²) in [5, 5.41) is 0. The first kappa shape index (κ1) is 15.2.